The molecule has 1 unspecified atom stereocenters. The number of benzene rings is 1. The summed E-state index contributed by atoms with van der Waals surface area (Å²) in [5, 5.41) is 11.2. The van der Waals surface area contributed by atoms with E-state index in [0.29, 0.717) is 31.9 Å². The van der Waals surface area contributed by atoms with Gasteiger partial charge in [0.2, 0.25) is 0 Å². The highest BCUT2D eigenvalue weighted by atomic mass is 32.2. The van der Waals surface area contributed by atoms with Crippen molar-refractivity contribution in [1.29, 1.82) is 0 Å². The SMILES string of the molecule is CC(Oc1cc(COS(C)(=O)=O)ccc1[N+](=O)[O-])C(=O)N1CCOCC1. The van der Waals surface area contributed by atoms with E-state index in [2.05, 4.69) is 4.18 Å². The van der Waals surface area contributed by atoms with Gasteiger partial charge in [-0.15, -0.1) is 0 Å². The summed E-state index contributed by atoms with van der Waals surface area (Å²) in [6.45, 7) is 2.92. The minimum Gasteiger partial charge on any atom is -0.474 e. The maximum atomic E-state index is 12.4. The van der Waals surface area contributed by atoms with Crippen LogP contribution in [0.1, 0.15) is 12.5 Å². The van der Waals surface area contributed by atoms with Crippen molar-refractivity contribution < 1.29 is 31.8 Å². The molecule has 26 heavy (non-hydrogen) atoms. The third-order valence-corrected chi connectivity index (χ3v) is 4.18. The largest absolute Gasteiger partial charge is 0.474 e. The third kappa shape index (κ3) is 5.64. The highest BCUT2D eigenvalue weighted by Gasteiger charge is 2.26. The fourth-order valence-corrected chi connectivity index (χ4v) is 2.70. The topological polar surface area (TPSA) is 125 Å². The highest BCUT2D eigenvalue weighted by Crippen LogP contribution is 2.29. The summed E-state index contributed by atoms with van der Waals surface area (Å²) >= 11 is 0. The number of rotatable bonds is 7. The number of nitro benzene ring substituents is 1. The van der Waals surface area contributed by atoms with E-state index in [1.54, 1.807) is 4.90 Å². The summed E-state index contributed by atoms with van der Waals surface area (Å²) in [6.07, 6.45) is -0.0447. The molecule has 1 aliphatic rings. The van der Waals surface area contributed by atoms with Crippen LogP contribution in [0.5, 0.6) is 5.75 Å². The van der Waals surface area contributed by atoms with Crippen LogP contribution in [-0.4, -0.2) is 62.8 Å². The number of hydrogen-bond donors (Lipinski definition) is 0. The van der Waals surface area contributed by atoms with Gasteiger partial charge >= 0.3 is 5.69 Å². The van der Waals surface area contributed by atoms with Crippen molar-refractivity contribution in [2.24, 2.45) is 0 Å². The molecule has 1 amide bonds. The molecule has 0 radical (unpaired) electrons. The van der Waals surface area contributed by atoms with Crippen LogP contribution in [0, 0.1) is 10.1 Å². The van der Waals surface area contributed by atoms with Gasteiger partial charge in [0.25, 0.3) is 16.0 Å². The molecule has 10 nitrogen and oxygen atoms in total. The van der Waals surface area contributed by atoms with Gasteiger partial charge in [-0.25, -0.2) is 0 Å². The lowest BCUT2D eigenvalue weighted by atomic mass is 10.2. The van der Waals surface area contributed by atoms with Crippen LogP contribution < -0.4 is 4.74 Å². The Bertz CT molecular complexity index is 774. The fourth-order valence-electron chi connectivity index (χ4n) is 2.35. The summed E-state index contributed by atoms with van der Waals surface area (Å²) in [6, 6.07) is 3.85. The van der Waals surface area contributed by atoms with Crippen molar-refractivity contribution in [1.82, 2.24) is 4.90 Å². The molecule has 0 N–H and O–H groups in total. The zero-order chi connectivity index (χ0) is 19.3. The van der Waals surface area contributed by atoms with Gasteiger partial charge in [-0.1, -0.05) is 0 Å². The Morgan fingerprint density at radius 1 is 1.38 bits per heavy atom. The van der Waals surface area contributed by atoms with Crippen molar-refractivity contribution in [2.45, 2.75) is 19.6 Å². The highest BCUT2D eigenvalue weighted by molar-refractivity contribution is 7.85. The zero-order valence-electron chi connectivity index (χ0n) is 14.4. The number of nitrogens with zero attached hydrogens (tertiary/aromatic N) is 2. The number of morpholine rings is 1. The first-order valence-corrected chi connectivity index (χ1v) is 9.64. The van der Waals surface area contributed by atoms with E-state index in [-0.39, 0.29) is 24.0 Å². The Labute approximate surface area is 150 Å². The smallest absolute Gasteiger partial charge is 0.310 e. The van der Waals surface area contributed by atoms with Crippen LogP contribution >= 0.6 is 0 Å². The first kappa shape index (κ1) is 20.1. The third-order valence-electron chi connectivity index (χ3n) is 3.63. The lowest BCUT2D eigenvalue weighted by Gasteiger charge is -2.29. The summed E-state index contributed by atoms with van der Waals surface area (Å²) in [4.78, 5) is 24.5. The fraction of sp³-hybridized carbons (Fsp3) is 0.533. The molecule has 1 heterocycles. The van der Waals surface area contributed by atoms with Gasteiger partial charge in [0, 0.05) is 19.2 Å². The van der Waals surface area contributed by atoms with Crippen molar-refractivity contribution in [2.75, 3.05) is 32.6 Å². The second kappa shape index (κ2) is 8.43. The molecule has 11 heteroatoms. The van der Waals surface area contributed by atoms with Gasteiger partial charge in [-0.05, 0) is 24.6 Å². The molecule has 1 aliphatic heterocycles. The number of carbonyl (C=O) groups excluding carboxylic acids is 1. The maximum Gasteiger partial charge on any atom is 0.310 e. The van der Waals surface area contributed by atoms with Crippen LogP contribution in [0.4, 0.5) is 5.69 Å². The number of ether oxygens (including phenoxy) is 2. The van der Waals surface area contributed by atoms with Crippen molar-refractivity contribution >= 4 is 21.7 Å². The molecule has 0 aromatic heterocycles. The van der Waals surface area contributed by atoms with Crippen LogP contribution in [0.25, 0.3) is 0 Å². The van der Waals surface area contributed by atoms with E-state index in [1.807, 2.05) is 0 Å². The molecule has 0 bridgehead atoms. The normalized spacial score (nSPS) is 16.2. The Kier molecular flexibility index (Phi) is 6.51. The zero-order valence-corrected chi connectivity index (χ0v) is 15.2. The summed E-state index contributed by atoms with van der Waals surface area (Å²) in [5.41, 5.74) is 0.0387. The molecule has 0 spiro atoms. The first-order valence-electron chi connectivity index (χ1n) is 7.82. The molecule has 1 aromatic rings. The van der Waals surface area contributed by atoms with Gasteiger partial charge in [0.15, 0.2) is 11.9 Å². The predicted octanol–water partition coefficient (Wildman–Crippen LogP) is 0.697. The Hall–Kier alpha value is -2.24. The predicted molar refractivity (Wildman–Crippen MR) is 90.2 cm³/mol. The number of nitro groups is 1. The lowest BCUT2D eigenvalue weighted by molar-refractivity contribution is -0.386. The van der Waals surface area contributed by atoms with Crippen molar-refractivity contribution in [3.8, 4) is 5.75 Å². The quantitative estimate of drug-likeness (QED) is 0.380. The molecule has 0 saturated carbocycles. The van der Waals surface area contributed by atoms with E-state index in [4.69, 9.17) is 9.47 Å². The van der Waals surface area contributed by atoms with Gasteiger partial charge < -0.3 is 14.4 Å². The molecule has 1 aromatic carbocycles. The van der Waals surface area contributed by atoms with E-state index in [1.165, 1.54) is 25.1 Å². The van der Waals surface area contributed by atoms with E-state index in [9.17, 15) is 23.3 Å². The first-order chi connectivity index (χ1) is 12.2. The van der Waals surface area contributed by atoms with E-state index in [0.717, 1.165) is 6.26 Å². The molecule has 1 atom stereocenters. The summed E-state index contributed by atoms with van der Waals surface area (Å²) < 4.78 is 37.5. The molecule has 1 fully saturated rings. The summed E-state index contributed by atoms with van der Waals surface area (Å²) in [5.74, 6) is -0.431. The average molecular weight is 388 g/mol. The Morgan fingerprint density at radius 3 is 2.62 bits per heavy atom. The number of carbonyl (C=O) groups is 1. The Morgan fingerprint density at radius 2 is 2.04 bits per heavy atom. The lowest BCUT2D eigenvalue weighted by Crippen LogP contribution is -2.46. The Balaban J connectivity index is 2.16. The van der Waals surface area contributed by atoms with Crippen LogP contribution in [-0.2, 0) is 30.4 Å². The molecule has 1 saturated heterocycles. The van der Waals surface area contributed by atoms with Crippen LogP contribution in [0.2, 0.25) is 0 Å². The van der Waals surface area contributed by atoms with Crippen LogP contribution in [0.15, 0.2) is 18.2 Å². The average Bonchev–Trinajstić information content (AvgIpc) is 2.59. The van der Waals surface area contributed by atoms with Gasteiger partial charge in [0.05, 0.1) is 31.0 Å². The summed E-state index contributed by atoms with van der Waals surface area (Å²) in [7, 11) is -3.66. The van der Waals surface area contributed by atoms with Crippen LogP contribution in [0.3, 0.4) is 0 Å². The van der Waals surface area contributed by atoms with E-state index >= 15 is 0 Å². The molecule has 144 valence electrons. The molecular formula is C15H20N2O8S. The van der Waals surface area contributed by atoms with Gasteiger partial charge in [-0.3, -0.25) is 19.1 Å². The monoisotopic (exact) mass is 388 g/mol. The second-order valence-corrected chi connectivity index (χ2v) is 7.37. The number of hydrogen-bond acceptors (Lipinski definition) is 8. The minimum atomic E-state index is -3.66. The maximum absolute atomic E-state index is 12.4. The second-order valence-electron chi connectivity index (χ2n) is 5.72. The molecule has 2 rings (SSSR count). The molecular weight excluding hydrogens is 368 g/mol. The van der Waals surface area contributed by atoms with E-state index < -0.39 is 21.1 Å². The van der Waals surface area contributed by atoms with Gasteiger partial charge in [0.1, 0.15) is 0 Å². The minimum absolute atomic E-state index is 0.126. The number of amides is 1. The van der Waals surface area contributed by atoms with Gasteiger partial charge in [-0.2, -0.15) is 8.42 Å². The standard InChI is InChI=1S/C15H20N2O8S/c1-11(15(18)16-5-7-23-8-6-16)25-14-9-12(10-24-26(2,21)22)3-4-13(14)17(19)20/h3-4,9,11H,5-8,10H2,1-2H3. The van der Waals surface area contributed by atoms with Crippen molar-refractivity contribution in [3.05, 3.63) is 33.9 Å². The molecule has 0 aliphatic carbocycles. The van der Waals surface area contributed by atoms with Crippen molar-refractivity contribution in [3.63, 3.8) is 0 Å².